The van der Waals surface area contributed by atoms with E-state index < -0.39 is 13.9 Å². The molecule has 1 amide bonds. The van der Waals surface area contributed by atoms with E-state index in [1.54, 1.807) is 0 Å². The minimum absolute atomic E-state index is 0.0445. The van der Waals surface area contributed by atoms with Crippen LogP contribution < -0.4 is 0 Å². The predicted molar refractivity (Wildman–Crippen MR) is 142 cm³/mol. The highest BCUT2D eigenvalue weighted by molar-refractivity contribution is 9.10. The van der Waals surface area contributed by atoms with Gasteiger partial charge in [0, 0.05) is 24.1 Å². The highest BCUT2D eigenvalue weighted by Crippen LogP contribution is 2.38. The fraction of sp³-hybridized carbons (Fsp3) is 0.654. The molecule has 0 saturated carbocycles. The van der Waals surface area contributed by atoms with E-state index in [0.29, 0.717) is 6.61 Å². The SMILES string of the molecule is CC(C)(C)OC(=O)N1CCCCC1c1ccc2[nH]c(Br)c(CCO[Si](C)(C)C(C)(C)C)c2c1. The lowest BCUT2D eigenvalue weighted by Crippen LogP contribution is -2.41. The second kappa shape index (κ2) is 9.74. The van der Waals surface area contributed by atoms with Gasteiger partial charge in [-0.25, -0.2) is 4.79 Å². The molecule has 1 atom stereocenters. The smallest absolute Gasteiger partial charge is 0.410 e. The molecule has 3 rings (SSSR count). The molecule has 0 bridgehead atoms. The van der Waals surface area contributed by atoms with Crippen LogP contribution in [0.5, 0.6) is 0 Å². The van der Waals surface area contributed by atoms with Crippen molar-refractivity contribution in [2.45, 2.75) is 97.0 Å². The number of H-pyrrole nitrogens is 1. The lowest BCUT2D eigenvalue weighted by molar-refractivity contribution is 0.00953. The Bertz CT molecular complexity index is 988. The van der Waals surface area contributed by atoms with Crippen molar-refractivity contribution in [3.05, 3.63) is 33.9 Å². The summed E-state index contributed by atoms with van der Waals surface area (Å²) in [4.78, 5) is 18.3. The van der Waals surface area contributed by atoms with Crippen molar-refractivity contribution in [1.29, 1.82) is 0 Å². The second-order valence-electron chi connectivity index (χ2n) is 11.8. The van der Waals surface area contributed by atoms with Gasteiger partial charge in [0.1, 0.15) is 5.60 Å². The lowest BCUT2D eigenvalue weighted by atomic mass is 9.94. The summed E-state index contributed by atoms with van der Waals surface area (Å²) >= 11 is 3.73. The maximum absolute atomic E-state index is 12.9. The van der Waals surface area contributed by atoms with Crippen LogP contribution in [-0.2, 0) is 15.6 Å². The Morgan fingerprint density at radius 2 is 1.88 bits per heavy atom. The van der Waals surface area contributed by atoms with Gasteiger partial charge in [0.2, 0.25) is 0 Å². The Hall–Kier alpha value is -1.31. The maximum atomic E-state index is 12.9. The number of rotatable bonds is 5. The molecule has 184 valence electrons. The number of fused-ring (bicyclic) bond motifs is 1. The summed E-state index contributed by atoms with van der Waals surface area (Å²) in [5, 5.41) is 1.40. The predicted octanol–water partition coefficient (Wildman–Crippen LogP) is 7.96. The van der Waals surface area contributed by atoms with Gasteiger partial charge in [-0.05, 0) is 104 Å². The van der Waals surface area contributed by atoms with E-state index in [0.717, 1.165) is 42.3 Å². The van der Waals surface area contributed by atoms with Crippen LogP contribution in [-0.4, -0.2) is 43.0 Å². The summed E-state index contributed by atoms with van der Waals surface area (Å²) in [5.41, 5.74) is 3.02. The fourth-order valence-corrected chi connectivity index (χ4v) is 5.80. The Morgan fingerprint density at radius 1 is 1.18 bits per heavy atom. The minimum Gasteiger partial charge on any atom is -0.444 e. The van der Waals surface area contributed by atoms with Crippen molar-refractivity contribution in [3.8, 4) is 0 Å². The first kappa shape index (κ1) is 26.3. The number of aromatic nitrogens is 1. The number of carbonyl (C=O) groups is 1. The molecule has 1 aliphatic rings. The van der Waals surface area contributed by atoms with E-state index in [2.05, 4.69) is 73.0 Å². The van der Waals surface area contributed by atoms with Crippen LogP contribution in [0.15, 0.2) is 22.8 Å². The first-order valence-electron chi connectivity index (χ1n) is 12.1. The van der Waals surface area contributed by atoms with E-state index in [-0.39, 0.29) is 17.2 Å². The summed E-state index contributed by atoms with van der Waals surface area (Å²) in [5.74, 6) is 0. The molecule has 2 aromatic rings. The molecular weight excluding hydrogens is 496 g/mol. The van der Waals surface area contributed by atoms with Crippen LogP contribution in [0.1, 0.15) is 78.0 Å². The Balaban J connectivity index is 1.84. The van der Waals surface area contributed by atoms with Gasteiger partial charge in [0.05, 0.1) is 10.6 Å². The molecule has 5 nitrogen and oxygen atoms in total. The molecule has 1 aromatic heterocycles. The first-order valence-corrected chi connectivity index (χ1v) is 15.8. The summed E-state index contributed by atoms with van der Waals surface area (Å²) in [6.07, 6.45) is 3.72. The van der Waals surface area contributed by atoms with E-state index in [1.807, 2.05) is 25.7 Å². The van der Waals surface area contributed by atoms with Crippen LogP contribution in [0.25, 0.3) is 10.9 Å². The molecule has 0 radical (unpaired) electrons. The van der Waals surface area contributed by atoms with Gasteiger partial charge >= 0.3 is 6.09 Å². The number of likely N-dealkylation sites (tertiary alicyclic amines) is 1. The van der Waals surface area contributed by atoms with Gasteiger partial charge in [-0.1, -0.05) is 26.8 Å². The van der Waals surface area contributed by atoms with E-state index in [1.165, 1.54) is 16.5 Å². The highest BCUT2D eigenvalue weighted by Gasteiger charge is 2.37. The number of nitrogens with one attached hydrogen (secondary N) is 1. The van der Waals surface area contributed by atoms with Crippen LogP contribution in [0.2, 0.25) is 18.1 Å². The molecule has 1 fully saturated rings. The number of nitrogens with zero attached hydrogens (tertiary/aromatic N) is 1. The molecule has 0 spiro atoms. The number of hydrogen-bond acceptors (Lipinski definition) is 3. The van der Waals surface area contributed by atoms with Crippen molar-refractivity contribution in [3.63, 3.8) is 0 Å². The third-order valence-corrected chi connectivity index (χ3v) is 12.2. The fourth-order valence-electron chi connectivity index (χ4n) is 4.13. The van der Waals surface area contributed by atoms with E-state index in [4.69, 9.17) is 9.16 Å². The zero-order chi connectivity index (χ0) is 24.6. The standard InChI is InChI=1S/C26H41BrN2O3Si/c1-25(2,3)32-24(30)29-15-10-9-11-22(29)18-12-13-21-20(17-18)19(23(27)28-21)14-16-31-33(7,8)26(4,5)6/h12-13,17,22,28H,9-11,14-16H2,1-8H3. The third-order valence-electron chi connectivity index (χ3n) is 7.01. The zero-order valence-electron chi connectivity index (χ0n) is 21.6. The van der Waals surface area contributed by atoms with Crippen molar-refractivity contribution in [1.82, 2.24) is 9.88 Å². The first-order chi connectivity index (χ1) is 15.2. The van der Waals surface area contributed by atoms with Crippen LogP contribution >= 0.6 is 15.9 Å². The van der Waals surface area contributed by atoms with Gasteiger partial charge in [0.25, 0.3) is 0 Å². The highest BCUT2D eigenvalue weighted by atomic mass is 79.9. The van der Waals surface area contributed by atoms with Gasteiger partial charge in [-0.15, -0.1) is 0 Å². The quantitative estimate of drug-likeness (QED) is 0.394. The number of amides is 1. The zero-order valence-corrected chi connectivity index (χ0v) is 24.2. The normalized spacial score (nSPS) is 18.1. The van der Waals surface area contributed by atoms with Gasteiger partial charge in [-0.3, -0.25) is 0 Å². The molecule has 1 N–H and O–H groups in total. The van der Waals surface area contributed by atoms with Gasteiger partial charge in [0.15, 0.2) is 8.32 Å². The van der Waals surface area contributed by atoms with E-state index in [9.17, 15) is 4.79 Å². The summed E-state index contributed by atoms with van der Waals surface area (Å²) in [6, 6.07) is 6.58. The Labute approximate surface area is 208 Å². The van der Waals surface area contributed by atoms with Gasteiger partial charge in [-0.2, -0.15) is 0 Å². The molecule has 1 saturated heterocycles. The minimum atomic E-state index is -1.79. The molecular formula is C26H41BrN2O3Si. The van der Waals surface area contributed by atoms with Gasteiger partial charge < -0.3 is 19.0 Å². The lowest BCUT2D eigenvalue weighted by Gasteiger charge is -2.37. The topological polar surface area (TPSA) is 54.6 Å². The largest absolute Gasteiger partial charge is 0.444 e. The number of halogens is 1. The van der Waals surface area contributed by atoms with E-state index >= 15 is 0 Å². The Kier molecular flexibility index (Phi) is 7.76. The monoisotopic (exact) mass is 536 g/mol. The average molecular weight is 538 g/mol. The molecule has 1 aliphatic heterocycles. The number of hydrogen-bond donors (Lipinski definition) is 1. The second-order valence-corrected chi connectivity index (χ2v) is 17.4. The Morgan fingerprint density at radius 3 is 2.52 bits per heavy atom. The number of carbonyl (C=O) groups excluding carboxylic acids is 1. The average Bonchev–Trinajstić information content (AvgIpc) is 3.00. The van der Waals surface area contributed by atoms with Crippen molar-refractivity contribution < 1.29 is 14.0 Å². The molecule has 7 heteroatoms. The molecule has 2 heterocycles. The van der Waals surface area contributed by atoms with Crippen molar-refractivity contribution >= 4 is 41.2 Å². The number of aromatic amines is 1. The molecule has 1 aromatic carbocycles. The van der Waals surface area contributed by atoms with Crippen molar-refractivity contribution in [2.75, 3.05) is 13.2 Å². The number of piperidine rings is 1. The summed E-state index contributed by atoms with van der Waals surface area (Å²) in [7, 11) is -1.79. The molecule has 33 heavy (non-hydrogen) atoms. The number of ether oxygens (including phenoxy) is 1. The van der Waals surface area contributed by atoms with Crippen LogP contribution in [0.3, 0.4) is 0 Å². The maximum Gasteiger partial charge on any atom is 0.410 e. The molecule has 0 aliphatic carbocycles. The van der Waals surface area contributed by atoms with Crippen LogP contribution in [0, 0.1) is 0 Å². The van der Waals surface area contributed by atoms with Crippen molar-refractivity contribution in [2.24, 2.45) is 0 Å². The number of benzene rings is 1. The third kappa shape index (κ3) is 6.23. The molecule has 1 unspecified atom stereocenters. The van der Waals surface area contributed by atoms with Crippen LogP contribution in [0.4, 0.5) is 4.79 Å². The summed E-state index contributed by atoms with van der Waals surface area (Å²) < 4.78 is 13.2. The summed E-state index contributed by atoms with van der Waals surface area (Å²) in [6.45, 7) is 18.6.